The van der Waals surface area contributed by atoms with E-state index in [0.717, 1.165) is 0 Å². The number of benzene rings is 1. The van der Waals surface area contributed by atoms with Crippen molar-refractivity contribution in [3.63, 3.8) is 0 Å². The standard InChI is InChI=1S/C15H20N2O6.ClH/c1-21-5-4-16-9-13(18)17-12-7-10(14(19)22-2)6-11(8-12)15(20)23-3;/h6-8,16H,4-5,9H2,1-3H3,(H,17,18);1H. The van der Waals surface area contributed by atoms with Crippen molar-refractivity contribution in [3.05, 3.63) is 29.3 Å². The smallest absolute Gasteiger partial charge is 0.337 e. The summed E-state index contributed by atoms with van der Waals surface area (Å²) < 4.78 is 14.1. The van der Waals surface area contributed by atoms with Crippen LogP contribution in [0.5, 0.6) is 0 Å². The van der Waals surface area contributed by atoms with Crippen LogP contribution in [-0.2, 0) is 19.0 Å². The van der Waals surface area contributed by atoms with E-state index in [-0.39, 0.29) is 36.0 Å². The first-order valence-electron chi connectivity index (χ1n) is 6.83. The lowest BCUT2D eigenvalue weighted by Crippen LogP contribution is -2.30. The molecular formula is C15H21ClN2O6. The van der Waals surface area contributed by atoms with Gasteiger partial charge in [-0.2, -0.15) is 0 Å². The predicted octanol–water partition coefficient (Wildman–Crippen LogP) is 0.856. The van der Waals surface area contributed by atoms with Crippen LogP contribution in [0.3, 0.4) is 0 Å². The van der Waals surface area contributed by atoms with Crippen molar-refractivity contribution < 1.29 is 28.6 Å². The molecule has 0 aromatic heterocycles. The van der Waals surface area contributed by atoms with Gasteiger partial charge in [0.15, 0.2) is 0 Å². The molecule has 0 aliphatic rings. The van der Waals surface area contributed by atoms with Crippen molar-refractivity contribution >= 4 is 35.9 Å². The minimum Gasteiger partial charge on any atom is -0.465 e. The van der Waals surface area contributed by atoms with Crippen LogP contribution in [0.2, 0.25) is 0 Å². The quantitative estimate of drug-likeness (QED) is 0.523. The van der Waals surface area contributed by atoms with Gasteiger partial charge in [0, 0.05) is 19.3 Å². The summed E-state index contributed by atoms with van der Waals surface area (Å²) in [5.74, 6) is -1.56. The summed E-state index contributed by atoms with van der Waals surface area (Å²) in [6.07, 6.45) is 0. The fourth-order valence-corrected chi connectivity index (χ4v) is 1.75. The molecule has 0 radical (unpaired) electrons. The largest absolute Gasteiger partial charge is 0.465 e. The third-order valence-corrected chi connectivity index (χ3v) is 2.83. The number of carbonyl (C=O) groups excluding carboxylic acids is 3. The van der Waals surface area contributed by atoms with Gasteiger partial charge in [-0.25, -0.2) is 9.59 Å². The molecule has 1 rings (SSSR count). The first-order chi connectivity index (χ1) is 11.0. The van der Waals surface area contributed by atoms with Gasteiger partial charge in [-0.15, -0.1) is 12.4 Å². The number of methoxy groups -OCH3 is 3. The van der Waals surface area contributed by atoms with Crippen molar-refractivity contribution in [1.29, 1.82) is 0 Å². The molecular weight excluding hydrogens is 340 g/mol. The minimum absolute atomic E-state index is 0. The molecule has 24 heavy (non-hydrogen) atoms. The van der Waals surface area contributed by atoms with Crippen LogP contribution >= 0.6 is 12.4 Å². The lowest BCUT2D eigenvalue weighted by atomic mass is 10.1. The van der Waals surface area contributed by atoms with Crippen LogP contribution in [0.1, 0.15) is 20.7 Å². The second kappa shape index (κ2) is 11.4. The topological polar surface area (TPSA) is 103 Å². The maximum absolute atomic E-state index is 11.8. The predicted molar refractivity (Wildman–Crippen MR) is 89.7 cm³/mol. The van der Waals surface area contributed by atoms with Crippen molar-refractivity contribution in [2.24, 2.45) is 0 Å². The summed E-state index contributed by atoms with van der Waals surface area (Å²) in [6, 6.07) is 4.18. The fourth-order valence-electron chi connectivity index (χ4n) is 1.75. The van der Waals surface area contributed by atoms with Crippen molar-refractivity contribution in [3.8, 4) is 0 Å². The number of hydrogen-bond donors (Lipinski definition) is 2. The van der Waals surface area contributed by atoms with E-state index in [9.17, 15) is 14.4 Å². The lowest BCUT2D eigenvalue weighted by molar-refractivity contribution is -0.115. The number of anilines is 1. The third-order valence-electron chi connectivity index (χ3n) is 2.83. The Hall–Kier alpha value is -2.16. The van der Waals surface area contributed by atoms with Crippen LogP contribution < -0.4 is 10.6 Å². The van der Waals surface area contributed by atoms with Crippen molar-refractivity contribution in [1.82, 2.24) is 5.32 Å². The second-order valence-electron chi connectivity index (χ2n) is 4.50. The Labute approximate surface area is 146 Å². The molecule has 8 nitrogen and oxygen atoms in total. The Morgan fingerprint density at radius 2 is 1.50 bits per heavy atom. The first kappa shape index (κ1) is 21.8. The molecule has 2 N–H and O–H groups in total. The SMILES string of the molecule is COCCNCC(=O)Nc1cc(C(=O)OC)cc(C(=O)OC)c1.Cl. The highest BCUT2D eigenvalue weighted by atomic mass is 35.5. The Bertz CT molecular complexity index is 545. The van der Waals surface area contributed by atoms with Gasteiger partial charge in [-0.1, -0.05) is 0 Å². The van der Waals surface area contributed by atoms with Gasteiger partial charge in [-0.05, 0) is 18.2 Å². The molecule has 0 bridgehead atoms. The summed E-state index contributed by atoms with van der Waals surface area (Å²) in [5, 5.41) is 5.48. The molecule has 0 aliphatic carbocycles. The molecule has 9 heteroatoms. The summed E-state index contributed by atoms with van der Waals surface area (Å²) in [6.45, 7) is 1.08. The Kier molecular flexibility index (Phi) is 10.4. The average Bonchev–Trinajstić information content (AvgIpc) is 2.56. The maximum Gasteiger partial charge on any atom is 0.337 e. The zero-order valence-electron chi connectivity index (χ0n) is 13.7. The molecule has 1 aromatic carbocycles. The number of hydrogen-bond acceptors (Lipinski definition) is 7. The van der Waals surface area contributed by atoms with Gasteiger partial charge in [0.2, 0.25) is 5.91 Å². The second-order valence-corrected chi connectivity index (χ2v) is 4.50. The van der Waals surface area contributed by atoms with Gasteiger partial charge in [0.05, 0.1) is 38.5 Å². The number of halogens is 1. The molecule has 0 fully saturated rings. The van der Waals surface area contributed by atoms with E-state index in [0.29, 0.717) is 18.8 Å². The van der Waals surface area contributed by atoms with Crippen LogP contribution in [0, 0.1) is 0 Å². The molecule has 0 atom stereocenters. The lowest BCUT2D eigenvalue weighted by Gasteiger charge is -2.10. The number of esters is 2. The van der Waals surface area contributed by atoms with Gasteiger partial charge >= 0.3 is 11.9 Å². The highest BCUT2D eigenvalue weighted by molar-refractivity contribution is 5.99. The van der Waals surface area contributed by atoms with E-state index in [1.54, 1.807) is 7.11 Å². The normalized spacial score (nSPS) is 9.62. The fraction of sp³-hybridized carbons (Fsp3) is 0.400. The number of rotatable bonds is 8. The molecule has 0 heterocycles. The number of amides is 1. The van der Waals surface area contributed by atoms with Crippen molar-refractivity contribution in [2.75, 3.05) is 46.3 Å². The monoisotopic (exact) mass is 360 g/mol. The molecule has 0 saturated carbocycles. The first-order valence-corrected chi connectivity index (χ1v) is 6.83. The molecule has 0 unspecified atom stereocenters. The molecule has 0 spiro atoms. The third kappa shape index (κ3) is 6.95. The number of carbonyl (C=O) groups is 3. The highest BCUT2D eigenvalue weighted by Gasteiger charge is 2.14. The van der Waals surface area contributed by atoms with E-state index in [1.807, 2.05) is 0 Å². The number of ether oxygens (including phenoxy) is 3. The summed E-state index contributed by atoms with van der Waals surface area (Å²) in [4.78, 5) is 35.1. The van der Waals surface area contributed by atoms with Crippen LogP contribution in [0.4, 0.5) is 5.69 Å². The minimum atomic E-state index is -0.621. The van der Waals surface area contributed by atoms with Gasteiger partial charge in [0.25, 0.3) is 0 Å². The van der Waals surface area contributed by atoms with Crippen molar-refractivity contribution in [2.45, 2.75) is 0 Å². The Morgan fingerprint density at radius 3 is 1.96 bits per heavy atom. The molecule has 134 valence electrons. The van der Waals surface area contributed by atoms with Gasteiger partial charge < -0.3 is 24.8 Å². The van der Waals surface area contributed by atoms with E-state index in [2.05, 4.69) is 20.1 Å². The van der Waals surface area contributed by atoms with Crippen LogP contribution in [0.25, 0.3) is 0 Å². The van der Waals surface area contributed by atoms with Crippen LogP contribution in [0.15, 0.2) is 18.2 Å². The van der Waals surface area contributed by atoms with E-state index >= 15 is 0 Å². The van der Waals surface area contributed by atoms with Crippen LogP contribution in [-0.4, -0.2) is 58.9 Å². The zero-order chi connectivity index (χ0) is 17.2. The maximum atomic E-state index is 11.8. The Morgan fingerprint density at radius 1 is 0.958 bits per heavy atom. The summed E-state index contributed by atoms with van der Waals surface area (Å²) in [7, 11) is 4.02. The summed E-state index contributed by atoms with van der Waals surface area (Å²) in [5.41, 5.74) is 0.572. The molecule has 1 aromatic rings. The van der Waals surface area contributed by atoms with E-state index in [4.69, 9.17) is 4.74 Å². The number of nitrogens with one attached hydrogen (secondary N) is 2. The van der Waals surface area contributed by atoms with Gasteiger partial charge in [-0.3, -0.25) is 4.79 Å². The molecule has 0 aliphatic heterocycles. The molecule has 0 saturated heterocycles. The summed E-state index contributed by atoms with van der Waals surface area (Å²) >= 11 is 0. The van der Waals surface area contributed by atoms with E-state index < -0.39 is 11.9 Å². The van der Waals surface area contributed by atoms with Gasteiger partial charge in [0.1, 0.15) is 0 Å². The average molecular weight is 361 g/mol. The highest BCUT2D eigenvalue weighted by Crippen LogP contribution is 2.17. The van der Waals surface area contributed by atoms with E-state index in [1.165, 1.54) is 32.4 Å². The Balaban J connectivity index is 0.00000529. The zero-order valence-corrected chi connectivity index (χ0v) is 14.5. The molecule has 1 amide bonds.